The van der Waals surface area contributed by atoms with Crippen LogP contribution in [-0.4, -0.2) is 55.1 Å². The highest BCUT2D eigenvalue weighted by Gasteiger charge is 2.29. The molecule has 2 aliphatic heterocycles. The first-order valence-corrected chi connectivity index (χ1v) is 9.00. The van der Waals surface area contributed by atoms with Crippen molar-refractivity contribution in [1.29, 1.82) is 0 Å². The minimum Gasteiger partial charge on any atom is -0.381 e. The van der Waals surface area contributed by atoms with Crippen LogP contribution in [0.4, 0.5) is 10.6 Å². The number of ether oxygens (including phenoxy) is 1. The lowest BCUT2D eigenvalue weighted by Gasteiger charge is -2.40. The summed E-state index contributed by atoms with van der Waals surface area (Å²) >= 11 is 0. The number of amides is 2. The van der Waals surface area contributed by atoms with Gasteiger partial charge in [0.2, 0.25) is 0 Å². The number of hydrogen-bond donors (Lipinski definition) is 2. The Bertz CT molecular complexity index is 597. The summed E-state index contributed by atoms with van der Waals surface area (Å²) in [6, 6.07) is 2.38. The Kier molecular flexibility index (Phi) is 4.51. The molecule has 0 bridgehead atoms. The number of urea groups is 1. The number of aryl methyl sites for hydroxylation is 2. The van der Waals surface area contributed by atoms with Crippen molar-refractivity contribution in [2.24, 2.45) is 5.92 Å². The highest BCUT2D eigenvalue weighted by molar-refractivity contribution is 5.74. The number of carbonyl (C=O) groups excluding carboxylic acids is 1. The van der Waals surface area contributed by atoms with Crippen molar-refractivity contribution in [3.63, 3.8) is 0 Å². The Balaban J connectivity index is 1.18. The Morgan fingerprint density at radius 2 is 2.08 bits per heavy atom. The lowest BCUT2D eigenvalue weighted by molar-refractivity contribution is 0.0800. The Morgan fingerprint density at radius 3 is 2.92 bits per heavy atom. The van der Waals surface area contributed by atoms with E-state index in [-0.39, 0.29) is 12.1 Å². The fourth-order valence-corrected chi connectivity index (χ4v) is 3.67. The zero-order chi connectivity index (χ0) is 16.4. The van der Waals surface area contributed by atoms with Gasteiger partial charge in [0.15, 0.2) is 5.82 Å². The van der Waals surface area contributed by atoms with E-state index in [1.54, 1.807) is 0 Å². The molecule has 7 heteroatoms. The van der Waals surface area contributed by atoms with Crippen LogP contribution in [0, 0.1) is 5.92 Å². The third kappa shape index (κ3) is 3.45. The molecule has 0 aromatic carbocycles. The van der Waals surface area contributed by atoms with Gasteiger partial charge in [-0.05, 0) is 43.7 Å². The summed E-state index contributed by atoms with van der Waals surface area (Å²) in [4.78, 5) is 14.2. The number of aromatic nitrogens is 2. The van der Waals surface area contributed by atoms with Crippen molar-refractivity contribution in [2.75, 3.05) is 37.7 Å². The van der Waals surface area contributed by atoms with E-state index in [1.165, 1.54) is 17.7 Å². The van der Waals surface area contributed by atoms with Crippen LogP contribution in [0.5, 0.6) is 0 Å². The molecule has 4 rings (SSSR count). The quantitative estimate of drug-likeness (QED) is 0.856. The van der Waals surface area contributed by atoms with Gasteiger partial charge in [-0.25, -0.2) is 4.79 Å². The first-order valence-electron chi connectivity index (χ1n) is 9.00. The molecule has 2 N–H and O–H groups in total. The lowest BCUT2D eigenvalue weighted by Crippen LogP contribution is -2.54. The van der Waals surface area contributed by atoms with Gasteiger partial charge >= 0.3 is 6.03 Å². The van der Waals surface area contributed by atoms with Gasteiger partial charge in [-0.3, -0.25) is 0 Å². The molecule has 1 aromatic heterocycles. The second-order valence-electron chi connectivity index (χ2n) is 7.04. The van der Waals surface area contributed by atoms with Crippen LogP contribution in [0.15, 0.2) is 6.07 Å². The Morgan fingerprint density at radius 1 is 1.25 bits per heavy atom. The average Bonchev–Trinajstić information content (AvgIpc) is 3.02. The molecule has 24 heavy (non-hydrogen) atoms. The first kappa shape index (κ1) is 15.6. The average molecular weight is 331 g/mol. The summed E-state index contributed by atoms with van der Waals surface area (Å²) in [5.41, 5.74) is 2.53. The van der Waals surface area contributed by atoms with Crippen LogP contribution in [0.3, 0.4) is 0 Å². The van der Waals surface area contributed by atoms with Crippen molar-refractivity contribution in [3.05, 3.63) is 17.3 Å². The van der Waals surface area contributed by atoms with E-state index in [2.05, 4.69) is 31.8 Å². The summed E-state index contributed by atoms with van der Waals surface area (Å²) < 4.78 is 5.30. The molecule has 7 nitrogen and oxygen atoms in total. The molecule has 0 saturated carbocycles. The van der Waals surface area contributed by atoms with Crippen LogP contribution in [0.25, 0.3) is 0 Å². The summed E-state index contributed by atoms with van der Waals surface area (Å²) in [6.45, 7) is 4.06. The van der Waals surface area contributed by atoms with Gasteiger partial charge in [-0.2, -0.15) is 5.10 Å². The van der Waals surface area contributed by atoms with Gasteiger partial charge in [0.1, 0.15) is 0 Å². The largest absolute Gasteiger partial charge is 0.381 e. The van der Waals surface area contributed by atoms with Crippen LogP contribution in [0.1, 0.15) is 30.5 Å². The van der Waals surface area contributed by atoms with Gasteiger partial charge in [0, 0.05) is 44.8 Å². The summed E-state index contributed by atoms with van der Waals surface area (Å²) in [5, 5.41) is 14.7. The highest BCUT2D eigenvalue weighted by atomic mass is 16.5. The third-order valence-electron chi connectivity index (χ3n) is 5.20. The molecular weight excluding hydrogens is 306 g/mol. The topological polar surface area (TPSA) is 79.4 Å². The molecule has 3 aliphatic rings. The third-order valence-corrected chi connectivity index (χ3v) is 5.20. The van der Waals surface area contributed by atoms with Crippen molar-refractivity contribution in [1.82, 2.24) is 20.8 Å². The second kappa shape index (κ2) is 6.93. The highest BCUT2D eigenvalue weighted by Crippen LogP contribution is 2.26. The first-order chi connectivity index (χ1) is 11.8. The monoisotopic (exact) mass is 331 g/mol. The fourth-order valence-electron chi connectivity index (χ4n) is 3.67. The van der Waals surface area contributed by atoms with Crippen molar-refractivity contribution < 1.29 is 9.53 Å². The van der Waals surface area contributed by atoms with Crippen LogP contribution >= 0.6 is 0 Å². The Labute approximate surface area is 142 Å². The zero-order valence-corrected chi connectivity index (χ0v) is 14.0. The maximum atomic E-state index is 11.9. The van der Waals surface area contributed by atoms with E-state index in [0.717, 1.165) is 57.8 Å². The molecular formula is C17H25N5O2. The standard InChI is InChI=1S/C17H25N5O2/c23-17(19-14-4-6-24-7-5-14)18-9-12-10-22(11-12)16-8-13-2-1-3-15(13)20-21-16/h8,12,14H,1-7,9-11H2,(H2,18,19,23). The van der Waals surface area contributed by atoms with E-state index in [0.29, 0.717) is 12.5 Å². The van der Waals surface area contributed by atoms with Gasteiger partial charge in [0.05, 0.1) is 5.69 Å². The molecule has 0 unspecified atom stereocenters. The van der Waals surface area contributed by atoms with Gasteiger partial charge in [-0.15, -0.1) is 5.10 Å². The van der Waals surface area contributed by atoms with Crippen molar-refractivity contribution >= 4 is 11.8 Å². The number of carbonyl (C=O) groups is 1. The minimum absolute atomic E-state index is 0.0577. The summed E-state index contributed by atoms with van der Waals surface area (Å²) in [5.74, 6) is 1.47. The van der Waals surface area contributed by atoms with E-state index in [4.69, 9.17) is 4.74 Å². The number of nitrogens with one attached hydrogen (secondary N) is 2. The maximum Gasteiger partial charge on any atom is 0.315 e. The molecule has 130 valence electrons. The molecule has 2 amide bonds. The molecule has 0 radical (unpaired) electrons. The smallest absolute Gasteiger partial charge is 0.315 e. The molecule has 0 atom stereocenters. The molecule has 0 spiro atoms. The van der Waals surface area contributed by atoms with Crippen molar-refractivity contribution in [2.45, 2.75) is 38.1 Å². The van der Waals surface area contributed by atoms with Crippen LogP contribution in [-0.2, 0) is 17.6 Å². The normalized spacial score (nSPS) is 21.2. The predicted octanol–water partition coefficient (Wildman–Crippen LogP) is 0.880. The minimum atomic E-state index is -0.0577. The molecule has 2 saturated heterocycles. The Hall–Kier alpha value is -1.89. The second-order valence-corrected chi connectivity index (χ2v) is 7.04. The molecule has 1 aliphatic carbocycles. The van der Waals surface area contributed by atoms with Gasteiger partial charge in [0.25, 0.3) is 0 Å². The van der Waals surface area contributed by atoms with Crippen LogP contribution in [0.2, 0.25) is 0 Å². The van der Waals surface area contributed by atoms with Crippen LogP contribution < -0.4 is 15.5 Å². The van der Waals surface area contributed by atoms with E-state index < -0.39 is 0 Å². The molecule has 2 fully saturated rings. The maximum absolute atomic E-state index is 11.9. The van der Waals surface area contributed by atoms with Gasteiger partial charge in [-0.1, -0.05) is 0 Å². The van der Waals surface area contributed by atoms with Gasteiger partial charge < -0.3 is 20.3 Å². The lowest BCUT2D eigenvalue weighted by atomic mass is 10.00. The zero-order valence-electron chi connectivity index (χ0n) is 14.0. The number of rotatable bonds is 4. The summed E-state index contributed by atoms with van der Waals surface area (Å²) in [7, 11) is 0. The number of fused-ring (bicyclic) bond motifs is 1. The van der Waals surface area contributed by atoms with E-state index in [1.807, 2.05) is 0 Å². The number of nitrogens with zero attached hydrogens (tertiary/aromatic N) is 3. The van der Waals surface area contributed by atoms with E-state index >= 15 is 0 Å². The van der Waals surface area contributed by atoms with Crippen molar-refractivity contribution in [3.8, 4) is 0 Å². The number of anilines is 1. The SMILES string of the molecule is O=C(NCC1CN(c2cc3c(nn2)CCC3)C1)NC1CCOCC1. The molecule has 1 aromatic rings. The molecule has 3 heterocycles. The summed E-state index contributed by atoms with van der Waals surface area (Å²) in [6.07, 6.45) is 5.20. The van der Waals surface area contributed by atoms with E-state index in [9.17, 15) is 4.79 Å². The number of hydrogen-bond acceptors (Lipinski definition) is 5. The fraction of sp³-hybridized carbons (Fsp3) is 0.706. The predicted molar refractivity (Wildman–Crippen MR) is 90.1 cm³/mol.